The highest BCUT2D eigenvalue weighted by molar-refractivity contribution is 9.10. The number of rotatable bonds is 2. The van der Waals surface area contributed by atoms with E-state index in [1.807, 2.05) is 6.07 Å². The first-order chi connectivity index (χ1) is 7.15. The van der Waals surface area contributed by atoms with Gasteiger partial charge < -0.3 is 5.11 Å². The van der Waals surface area contributed by atoms with E-state index in [1.165, 1.54) is 10.5 Å². The molecule has 0 radical (unpaired) electrons. The largest absolute Gasteiger partial charge is 0.481 e. The van der Waals surface area contributed by atoms with Gasteiger partial charge >= 0.3 is 5.97 Å². The second-order valence-electron chi connectivity index (χ2n) is 3.63. The molecule has 80 valence electrons. The van der Waals surface area contributed by atoms with Crippen LogP contribution in [-0.2, 0) is 11.2 Å². The Bertz CT molecular complexity index is 392. The van der Waals surface area contributed by atoms with Crippen LogP contribution in [0.5, 0.6) is 0 Å². The molecule has 0 unspecified atom stereocenters. The molecule has 0 spiro atoms. The highest BCUT2D eigenvalue weighted by atomic mass is 79.9. The third kappa shape index (κ3) is 2.75. The Morgan fingerprint density at radius 3 is 3.13 bits per heavy atom. The molecule has 0 bridgehead atoms. The summed E-state index contributed by atoms with van der Waals surface area (Å²) < 4.78 is 1.06. The Kier molecular flexibility index (Phi) is 3.36. The lowest BCUT2D eigenvalue weighted by atomic mass is 10.1. The van der Waals surface area contributed by atoms with Gasteiger partial charge in [0, 0.05) is 14.6 Å². The summed E-state index contributed by atoms with van der Waals surface area (Å²) >= 11 is 5.12. The van der Waals surface area contributed by atoms with Gasteiger partial charge in [-0.05, 0) is 30.5 Å². The number of thioether (sulfide) groups is 1. The first-order valence-corrected chi connectivity index (χ1v) is 6.49. The summed E-state index contributed by atoms with van der Waals surface area (Å²) in [4.78, 5) is 11.8. The smallest absolute Gasteiger partial charge is 0.304 e. The third-order valence-corrected chi connectivity index (χ3v) is 4.32. The van der Waals surface area contributed by atoms with Crippen LogP contribution < -0.4 is 0 Å². The van der Waals surface area contributed by atoms with E-state index >= 15 is 0 Å². The van der Waals surface area contributed by atoms with Crippen molar-refractivity contribution < 1.29 is 9.90 Å². The number of carbonyl (C=O) groups is 1. The molecule has 4 heteroatoms. The van der Waals surface area contributed by atoms with E-state index in [1.54, 1.807) is 11.8 Å². The third-order valence-electron chi connectivity index (χ3n) is 2.46. The fourth-order valence-corrected chi connectivity index (χ4v) is 3.59. The monoisotopic (exact) mass is 286 g/mol. The summed E-state index contributed by atoms with van der Waals surface area (Å²) in [5, 5.41) is 8.97. The Balaban J connectivity index is 2.14. The van der Waals surface area contributed by atoms with Gasteiger partial charge in [-0.15, -0.1) is 11.8 Å². The minimum absolute atomic E-state index is 0.226. The van der Waals surface area contributed by atoms with Crippen molar-refractivity contribution in [2.45, 2.75) is 29.4 Å². The van der Waals surface area contributed by atoms with Crippen molar-refractivity contribution in [3.63, 3.8) is 0 Å². The van der Waals surface area contributed by atoms with Crippen LogP contribution in [0.2, 0.25) is 0 Å². The highest BCUT2D eigenvalue weighted by Gasteiger charge is 2.21. The van der Waals surface area contributed by atoms with E-state index in [2.05, 4.69) is 28.1 Å². The first kappa shape index (κ1) is 11.0. The summed E-state index contributed by atoms with van der Waals surface area (Å²) in [5.74, 6) is -0.703. The molecule has 1 aromatic rings. The average molecular weight is 287 g/mol. The molecule has 0 aliphatic carbocycles. The zero-order chi connectivity index (χ0) is 10.8. The van der Waals surface area contributed by atoms with Crippen molar-refractivity contribution >= 4 is 33.7 Å². The van der Waals surface area contributed by atoms with E-state index in [4.69, 9.17) is 5.11 Å². The van der Waals surface area contributed by atoms with Gasteiger partial charge in [-0.25, -0.2) is 0 Å². The fourth-order valence-electron chi connectivity index (χ4n) is 1.74. The summed E-state index contributed by atoms with van der Waals surface area (Å²) in [5.41, 5.74) is 1.34. The maximum atomic E-state index is 10.6. The number of carboxylic acid groups (broad SMARTS) is 1. The van der Waals surface area contributed by atoms with E-state index in [-0.39, 0.29) is 11.7 Å². The molecule has 1 N–H and O–H groups in total. The van der Waals surface area contributed by atoms with Crippen LogP contribution in [0, 0.1) is 0 Å². The zero-order valence-corrected chi connectivity index (χ0v) is 10.5. The number of aryl methyl sites for hydroxylation is 1. The van der Waals surface area contributed by atoms with Gasteiger partial charge in [0.2, 0.25) is 0 Å². The van der Waals surface area contributed by atoms with Crippen LogP contribution in [0.15, 0.2) is 27.6 Å². The molecule has 1 heterocycles. The Labute approximate surface area is 101 Å². The van der Waals surface area contributed by atoms with Gasteiger partial charge in [0.1, 0.15) is 0 Å². The van der Waals surface area contributed by atoms with Gasteiger partial charge in [0.25, 0.3) is 0 Å². The molecule has 0 saturated heterocycles. The van der Waals surface area contributed by atoms with Gasteiger partial charge in [0.05, 0.1) is 6.42 Å². The summed E-state index contributed by atoms with van der Waals surface area (Å²) in [6, 6.07) is 6.23. The van der Waals surface area contributed by atoms with Crippen LogP contribution >= 0.6 is 27.7 Å². The van der Waals surface area contributed by atoms with Crippen LogP contribution in [0.25, 0.3) is 0 Å². The maximum absolute atomic E-state index is 10.6. The standard InChI is InChI=1S/C11H11BrO2S/c12-8-3-1-7-2-4-9(6-11(13)14)15-10(7)5-8/h1,3,5,9H,2,4,6H2,(H,13,14)/t9-/m0/s1. The molecule has 0 saturated carbocycles. The number of fused-ring (bicyclic) bond motifs is 1. The molecule has 1 aliphatic rings. The molecule has 2 nitrogen and oxygen atoms in total. The number of hydrogen-bond donors (Lipinski definition) is 1. The second-order valence-corrected chi connectivity index (χ2v) is 5.89. The van der Waals surface area contributed by atoms with Gasteiger partial charge in [0.15, 0.2) is 0 Å². The number of benzene rings is 1. The lowest BCUT2D eigenvalue weighted by Crippen LogP contribution is -2.15. The molecule has 1 aromatic carbocycles. The van der Waals surface area contributed by atoms with E-state index < -0.39 is 5.97 Å². The van der Waals surface area contributed by atoms with E-state index in [0.717, 1.165) is 17.3 Å². The number of hydrogen-bond acceptors (Lipinski definition) is 2. The minimum Gasteiger partial charge on any atom is -0.481 e. The summed E-state index contributed by atoms with van der Waals surface area (Å²) in [6.45, 7) is 0. The molecule has 0 fully saturated rings. The van der Waals surface area contributed by atoms with Crippen LogP contribution in [0.4, 0.5) is 0 Å². The Hall–Kier alpha value is -0.480. The van der Waals surface area contributed by atoms with Gasteiger partial charge in [-0.2, -0.15) is 0 Å². The van der Waals surface area contributed by atoms with Crippen molar-refractivity contribution in [1.29, 1.82) is 0 Å². The normalized spacial score (nSPS) is 19.7. The second kappa shape index (κ2) is 4.58. The SMILES string of the molecule is O=C(O)C[C@@H]1CCc2ccc(Br)cc2S1. The van der Waals surface area contributed by atoms with Crippen LogP contribution in [0.1, 0.15) is 18.4 Å². The number of carboxylic acids is 1. The van der Waals surface area contributed by atoms with Crippen LogP contribution in [-0.4, -0.2) is 16.3 Å². The topological polar surface area (TPSA) is 37.3 Å². The van der Waals surface area contributed by atoms with Crippen molar-refractivity contribution in [3.8, 4) is 0 Å². The summed E-state index contributed by atoms with van der Waals surface area (Å²) in [6.07, 6.45) is 2.22. The molecule has 0 aromatic heterocycles. The molecule has 1 atom stereocenters. The van der Waals surface area contributed by atoms with Crippen molar-refractivity contribution in [3.05, 3.63) is 28.2 Å². The molecule has 0 amide bonds. The van der Waals surface area contributed by atoms with Gasteiger partial charge in [-0.3, -0.25) is 4.79 Å². The molecular weight excluding hydrogens is 276 g/mol. The number of halogens is 1. The zero-order valence-electron chi connectivity index (χ0n) is 8.07. The fraction of sp³-hybridized carbons (Fsp3) is 0.364. The first-order valence-electron chi connectivity index (χ1n) is 4.82. The van der Waals surface area contributed by atoms with Crippen molar-refractivity contribution in [2.75, 3.05) is 0 Å². The lowest BCUT2D eigenvalue weighted by molar-refractivity contribution is -0.137. The Morgan fingerprint density at radius 1 is 1.60 bits per heavy atom. The van der Waals surface area contributed by atoms with E-state index in [0.29, 0.717) is 0 Å². The predicted octanol–water partition coefficient (Wildman–Crippen LogP) is 3.33. The molecule has 1 aliphatic heterocycles. The molecule has 15 heavy (non-hydrogen) atoms. The average Bonchev–Trinajstić information content (AvgIpc) is 2.16. The summed E-state index contributed by atoms with van der Waals surface area (Å²) in [7, 11) is 0. The molecule has 2 rings (SSSR count). The minimum atomic E-state index is -0.703. The van der Waals surface area contributed by atoms with Gasteiger partial charge in [-0.1, -0.05) is 22.0 Å². The quantitative estimate of drug-likeness (QED) is 0.906. The molecular formula is C11H11BrO2S. The Morgan fingerprint density at radius 2 is 2.40 bits per heavy atom. The highest BCUT2D eigenvalue weighted by Crippen LogP contribution is 2.38. The van der Waals surface area contributed by atoms with E-state index in [9.17, 15) is 4.79 Å². The predicted molar refractivity (Wildman–Crippen MR) is 64.4 cm³/mol. The van der Waals surface area contributed by atoms with Crippen molar-refractivity contribution in [1.82, 2.24) is 0 Å². The maximum Gasteiger partial charge on any atom is 0.304 e. The van der Waals surface area contributed by atoms with Crippen molar-refractivity contribution in [2.24, 2.45) is 0 Å². The lowest BCUT2D eigenvalue weighted by Gasteiger charge is -2.22. The number of aliphatic carboxylic acids is 1. The van der Waals surface area contributed by atoms with Crippen LogP contribution in [0.3, 0.4) is 0 Å².